The van der Waals surface area contributed by atoms with Crippen molar-refractivity contribution in [2.75, 3.05) is 6.61 Å². The van der Waals surface area contributed by atoms with Crippen molar-refractivity contribution < 1.29 is 9.53 Å². The SMILES string of the molecule is CC#CC#CCCOC(=O)c1ccc(Cl)cc1. The van der Waals surface area contributed by atoms with Gasteiger partial charge in [0.2, 0.25) is 0 Å². The lowest BCUT2D eigenvalue weighted by molar-refractivity contribution is 0.0513. The van der Waals surface area contributed by atoms with E-state index in [0.717, 1.165) is 0 Å². The Morgan fingerprint density at radius 1 is 1.29 bits per heavy atom. The summed E-state index contributed by atoms with van der Waals surface area (Å²) in [6, 6.07) is 6.54. The van der Waals surface area contributed by atoms with E-state index in [0.29, 0.717) is 17.0 Å². The van der Waals surface area contributed by atoms with E-state index in [1.807, 2.05) is 0 Å². The van der Waals surface area contributed by atoms with Crippen molar-refractivity contribution in [1.82, 2.24) is 0 Å². The van der Waals surface area contributed by atoms with Crippen LogP contribution in [0.1, 0.15) is 23.7 Å². The van der Waals surface area contributed by atoms with E-state index in [2.05, 4.69) is 23.7 Å². The molecule has 0 heterocycles. The highest BCUT2D eigenvalue weighted by atomic mass is 35.5. The van der Waals surface area contributed by atoms with Crippen molar-refractivity contribution in [2.45, 2.75) is 13.3 Å². The zero-order valence-corrected chi connectivity index (χ0v) is 10.2. The lowest BCUT2D eigenvalue weighted by atomic mass is 10.2. The molecule has 0 spiro atoms. The molecule has 0 N–H and O–H groups in total. The Bertz CT molecular complexity index is 495. The zero-order valence-electron chi connectivity index (χ0n) is 9.42. The van der Waals surface area contributed by atoms with Crippen LogP contribution in [0.25, 0.3) is 0 Å². The van der Waals surface area contributed by atoms with E-state index < -0.39 is 0 Å². The predicted molar refractivity (Wildman–Crippen MR) is 67.6 cm³/mol. The first-order chi connectivity index (χ1) is 8.24. The fraction of sp³-hybridized carbons (Fsp3) is 0.214. The topological polar surface area (TPSA) is 26.3 Å². The third kappa shape index (κ3) is 5.11. The number of ether oxygens (including phenoxy) is 1. The van der Waals surface area contributed by atoms with Gasteiger partial charge >= 0.3 is 5.97 Å². The Morgan fingerprint density at radius 2 is 2.00 bits per heavy atom. The second kappa shape index (κ2) is 7.39. The highest BCUT2D eigenvalue weighted by molar-refractivity contribution is 6.30. The second-order valence-corrected chi connectivity index (χ2v) is 3.51. The molecule has 0 amide bonds. The van der Waals surface area contributed by atoms with Gasteiger partial charge in [-0.05, 0) is 43.0 Å². The molecule has 0 radical (unpaired) electrons. The summed E-state index contributed by atoms with van der Waals surface area (Å²) in [5.74, 6) is 10.3. The minimum atomic E-state index is -0.370. The van der Waals surface area contributed by atoms with E-state index >= 15 is 0 Å². The molecule has 0 unspecified atom stereocenters. The number of halogens is 1. The Hall–Kier alpha value is -1.90. The molecule has 86 valence electrons. The number of carbonyl (C=O) groups excluding carboxylic acids is 1. The van der Waals surface area contributed by atoms with Gasteiger partial charge < -0.3 is 4.74 Å². The van der Waals surface area contributed by atoms with Crippen LogP contribution in [0.15, 0.2) is 24.3 Å². The molecule has 0 aromatic heterocycles. The van der Waals surface area contributed by atoms with Crippen molar-refractivity contribution in [3.05, 3.63) is 34.9 Å². The van der Waals surface area contributed by atoms with Crippen LogP contribution in [0.3, 0.4) is 0 Å². The lowest BCUT2D eigenvalue weighted by Gasteiger charge is -2.01. The van der Waals surface area contributed by atoms with E-state index in [-0.39, 0.29) is 12.6 Å². The first-order valence-electron chi connectivity index (χ1n) is 5.06. The summed E-state index contributed by atoms with van der Waals surface area (Å²) in [4.78, 5) is 11.5. The minimum absolute atomic E-state index is 0.264. The molecule has 3 heteroatoms. The number of rotatable bonds is 3. The Labute approximate surface area is 106 Å². The van der Waals surface area contributed by atoms with Gasteiger partial charge in [-0.2, -0.15) is 0 Å². The molecule has 1 aromatic rings. The monoisotopic (exact) mass is 246 g/mol. The number of esters is 1. The van der Waals surface area contributed by atoms with Crippen LogP contribution in [-0.4, -0.2) is 12.6 Å². The van der Waals surface area contributed by atoms with E-state index in [4.69, 9.17) is 16.3 Å². The average molecular weight is 247 g/mol. The fourth-order valence-corrected chi connectivity index (χ4v) is 1.16. The molecule has 1 aromatic carbocycles. The van der Waals surface area contributed by atoms with Crippen molar-refractivity contribution in [3.8, 4) is 23.7 Å². The number of hydrogen-bond donors (Lipinski definition) is 0. The van der Waals surface area contributed by atoms with Gasteiger partial charge in [-0.15, -0.1) is 0 Å². The quantitative estimate of drug-likeness (QED) is 0.466. The van der Waals surface area contributed by atoms with Crippen LogP contribution in [-0.2, 0) is 4.74 Å². The molecule has 0 aliphatic rings. The Morgan fingerprint density at radius 3 is 2.65 bits per heavy atom. The smallest absolute Gasteiger partial charge is 0.338 e. The van der Waals surface area contributed by atoms with E-state index in [1.165, 1.54) is 0 Å². The van der Waals surface area contributed by atoms with Crippen LogP contribution in [0.2, 0.25) is 5.02 Å². The molecule has 1 rings (SSSR count). The van der Waals surface area contributed by atoms with Gasteiger partial charge in [-0.25, -0.2) is 4.79 Å². The summed E-state index contributed by atoms with van der Waals surface area (Å²) >= 11 is 5.71. The Balaban J connectivity index is 2.37. The average Bonchev–Trinajstić information content (AvgIpc) is 2.34. The standard InChI is InChI=1S/C14H11ClO2/c1-2-3-4-5-6-11-17-14(16)12-7-9-13(15)10-8-12/h7-10H,6,11H2,1H3. The predicted octanol–water partition coefficient (Wildman–Crippen LogP) is 2.91. The second-order valence-electron chi connectivity index (χ2n) is 3.07. The number of carbonyl (C=O) groups is 1. The fourth-order valence-electron chi connectivity index (χ4n) is 1.03. The molecular weight excluding hydrogens is 236 g/mol. The van der Waals surface area contributed by atoms with Crippen molar-refractivity contribution >= 4 is 17.6 Å². The zero-order chi connectivity index (χ0) is 12.5. The summed E-state index contributed by atoms with van der Waals surface area (Å²) in [6.45, 7) is 1.98. The van der Waals surface area contributed by atoms with Crippen LogP contribution < -0.4 is 0 Å². The molecule has 0 saturated heterocycles. The van der Waals surface area contributed by atoms with Crippen LogP contribution >= 0.6 is 11.6 Å². The van der Waals surface area contributed by atoms with Crippen LogP contribution in [0, 0.1) is 23.7 Å². The maximum atomic E-state index is 11.5. The molecule has 0 aliphatic heterocycles. The molecule has 0 aliphatic carbocycles. The van der Waals surface area contributed by atoms with Crippen LogP contribution in [0.5, 0.6) is 0 Å². The molecule has 0 saturated carbocycles. The normalized spacial score (nSPS) is 8.35. The molecule has 17 heavy (non-hydrogen) atoms. The maximum Gasteiger partial charge on any atom is 0.338 e. The minimum Gasteiger partial charge on any atom is -0.461 e. The highest BCUT2D eigenvalue weighted by Crippen LogP contribution is 2.10. The van der Waals surface area contributed by atoms with Gasteiger partial charge in [0.25, 0.3) is 0 Å². The number of hydrogen-bond acceptors (Lipinski definition) is 2. The summed E-state index contributed by atoms with van der Waals surface area (Å²) < 4.78 is 5.02. The summed E-state index contributed by atoms with van der Waals surface area (Å²) in [7, 11) is 0. The van der Waals surface area contributed by atoms with Crippen LogP contribution in [0.4, 0.5) is 0 Å². The maximum absolute atomic E-state index is 11.5. The van der Waals surface area contributed by atoms with Gasteiger partial charge in [0, 0.05) is 11.4 Å². The van der Waals surface area contributed by atoms with Gasteiger partial charge in [-0.1, -0.05) is 23.4 Å². The van der Waals surface area contributed by atoms with Gasteiger partial charge in [0.05, 0.1) is 5.56 Å². The third-order valence-corrected chi connectivity index (χ3v) is 2.07. The molecule has 0 fully saturated rings. The van der Waals surface area contributed by atoms with Gasteiger partial charge in [0.1, 0.15) is 6.61 Å². The number of benzene rings is 1. The first kappa shape index (κ1) is 13.2. The largest absolute Gasteiger partial charge is 0.461 e. The lowest BCUT2D eigenvalue weighted by Crippen LogP contribution is -2.05. The summed E-state index contributed by atoms with van der Waals surface area (Å²) in [5, 5.41) is 0.588. The first-order valence-corrected chi connectivity index (χ1v) is 5.44. The van der Waals surface area contributed by atoms with Crippen molar-refractivity contribution in [3.63, 3.8) is 0 Å². The van der Waals surface area contributed by atoms with E-state index in [1.54, 1.807) is 31.2 Å². The molecule has 0 bridgehead atoms. The highest BCUT2D eigenvalue weighted by Gasteiger charge is 2.05. The molecular formula is C14H11ClO2. The van der Waals surface area contributed by atoms with Gasteiger partial charge in [0.15, 0.2) is 0 Å². The summed E-state index contributed by atoms with van der Waals surface area (Å²) in [5.41, 5.74) is 0.482. The van der Waals surface area contributed by atoms with Crippen molar-refractivity contribution in [1.29, 1.82) is 0 Å². The summed E-state index contributed by atoms with van der Waals surface area (Å²) in [6.07, 6.45) is 0.480. The van der Waals surface area contributed by atoms with Gasteiger partial charge in [-0.3, -0.25) is 0 Å². The third-order valence-electron chi connectivity index (χ3n) is 1.82. The molecule has 0 atom stereocenters. The molecule has 2 nitrogen and oxygen atoms in total. The van der Waals surface area contributed by atoms with Crippen molar-refractivity contribution in [2.24, 2.45) is 0 Å². The van der Waals surface area contributed by atoms with E-state index in [9.17, 15) is 4.79 Å². The Kier molecular flexibility index (Phi) is 5.72.